The number of nitrogens with zero attached hydrogens (tertiary/aromatic N) is 4. The normalized spacial score (nSPS) is 13.0. The van der Waals surface area contributed by atoms with Crippen LogP contribution in [0.4, 0.5) is 5.69 Å². The van der Waals surface area contributed by atoms with Gasteiger partial charge in [0.05, 0.1) is 18.2 Å². The Kier molecular flexibility index (Phi) is 4.66. The molecule has 0 atom stereocenters. The molecule has 1 aliphatic rings. The van der Waals surface area contributed by atoms with Crippen molar-refractivity contribution < 1.29 is 0 Å². The van der Waals surface area contributed by atoms with Gasteiger partial charge in [-0.15, -0.1) is 0 Å². The van der Waals surface area contributed by atoms with Gasteiger partial charge in [0, 0.05) is 41.0 Å². The highest BCUT2D eigenvalue weighted by atomic mass is 79.9. The van der Waals surface area contributed by atoms with Crippen LogP contribution in [0, 0.1) is 11.3 Å². The van der Waals surface area contributed by atoms with Gasteiger partial charge in [-0.25, -0.2) is 0 Å². The second-order valence-corrected chi connectivity index (χ2v) is 7.33. The highest BCUT2D eigenvalue weighted by Gasteiger charge is 2.19. The van der Waals surface area contributed by atoms with E-state index in [0.29, 0.717) is 5.56 Å². The van der Waals surface area contributed by atoms with Crippen LogP contribution in [0.25, 0.3) is 11.1 Å². The Balaban J connectivity index is 1.77. The van der Waals surface area contributed by atoms with Crippen molar-refractivity contribution in [2.75, 3.05) is 4.90 Å². The van der Waals surface area contributed by atoms with Gasteiger partial charge in [-0.1, -0.05) is 28.1 Å². The fraction of sp³-hybridized carbons (Fsp3) is 0.0909. The number of aliphatic imine (C=N–C) groups is 1. The maximum atomic E-state index is 9.00. The van der Waals surface area contributed by atoms with E-state index in [1.807, 2.05) is 30.5 Å². The second kappa shape index (κ2) is 7.26. The van der Waals surface area contributed by atoms with Crippen molar-refractivity contribution in [3.8, 4) is 17.2 Å². The van der Waals surface area contributed by atoms with Crippen LogP contribution in [0.5, 0.6) is 0 Å². The van der Waals surface area contributed by atoms with Crippen LogP contribution in [0.1, 0.15) is 16.8 Å². The van der Waals surface area contributed by atoms with Crippen molar-refractivity contribution in [3.05, 3.63) is 88.4 Å². The van der Waals surface area contributed by atoms with Crippen molar-refractivity contribution in [2.45, 2.75) is 13.1 Å². The highest BCUT2D eigenvalue weighted by molar-refractivity contribution is 9.10. The van der Waals surface area contributed by atoms with Gasteiger partial charge in [-0.3, -0.25) is 4.99 Å². The first-order valence-corrected chi connectivity index (χ1v) is 9.34. The van der Waals surface area contributed by atoms with Crippen molar-refractivity contribution in [1.82, 2.24) is 4.57 Å². The van der Waals surface area contributed by atoms with Crippen LogP contribution >= 0.6 is 15.9 Å². The standard InChI is InChI=1S/C22H17BrN4/c1-25-8-9-26-15-21-11-18(17-4-2-16(12-24)3-5-17)13-27(21)14-19-10-20(23)6-7-22(19)26/h2-11,13H,1,14-15H2/b9-8-. The summed E-state index contributed by atoms with van der Waals surface area (Å²) in [4.78, 5) is 6.05. The summed E-state index contributed by atoms with van der Waals surface area (Å²) in [6, 6.07) is 18.4. The Hall–Kier alpha value is -3.10. The van der Waals surface area contributed by atoms with Crippen LogP contribution < -0.4 is 4.90 Å². The number of fused-ring (bicyclic) bond motifs is 2. The summed E-state index contributed by atoms with van der Waals surface area (Å²) in [5.41, 5.74) is 6.56. The van der Waals surface area contributed by atoms with E-state index in [4.69, 9.17) is 5.26 Å². The number of anilines is 1. The quantitative estimate of drug-likeness (QED) is 0.541. The molecule has 132 valence electrons. The van der Waals surface area contributed by atoms with Crippen molar-refractivity contribution in [3.63, 3.8) is 0 Å². The van der Waals surface area contributed by atoms with E-state index in [-0.39, 0.29) is 0 Å². The number of halogens is 1. The monoisotopic (exact) mass is 416 g/mol. The van der Waals surface area contributed by atoms with Crippen LogP contribution in [0.15, 0.2) is 76.6 Å². The van der Waals surface area contributed by atoms with Crippen molar-refractivity contribution in [1.29, 1.82) is 5.26 Å². The third-order valence-electron chi connectivity index (χ3n) is 4.71. The lowest BCUT2D eigenvalue weighted by Crippen LogP contribution is -2.15. The minimum Gasteiger partial charge on any atom is -0.345 e. The summed E-state index contributed by atoms with van der Waals surface area (Å²) in [6.07, 6.45) is 5.86. The second-order valence-electron chi connectivity index (χ2n) is 6.42. The van der Waals surface area contributed by atoms with Gasteiger partial charge in [0.25, 0.3) is 0 Å². The molecule has 1 aromatic heterocycles. The van der Waals surface area contributed by atoms with Crippen LogP contribution in [-0.4, -0.2) is 11.3 Å². The summed E-state index contributed by atoms with van der Waals surface area (Å²) < 4.78 is 3.35. The Bertz CT molecular complexity index is 1070. The molecule has 27 heavy (non-hydrogen) atoms. The van der Waals surface area contributed by atoms with Crippen molar-refractivity contribution in [2.24, 2.45) is 4.99 Å². The molecule has 2 heterocycles. The highest BCUT2D eigenvalue weighted by Crippen LogP contribution is 2.33. The lowest BCUT2D eigenvalue weighted by molar-refractivity contribution is 0.763. The molecule has 0 unspecified atom stereocenters. The molecule has 3 aromatic rings. The molecule has 0 saturated heterocycles. The summed E-state index contributed by atoms with van der Waals surface area (Å²) in [5, 5.41) is 9.00. The van der Waals surface area contributed by atoms with E-state index >= 15 is 0 Å². The molecule has 0 saturated carbocycles. The number of rotatable bonds is 3. The van der Waals surface area contributed by atoms with E-state index in [1.165, 1.54) is 16.9 Å². The number of nitriles is 1. The summed E-state index contributed by atoms with van der Waals surface area (Å²) in [6.45, 7) is 5.09. The molecule has 2 aromatic carbocycles. The Morgan fingerprint density at radius 2 is 1.89 bits per heavy atom. The number of aromatic nitrogens is 1. The first-order chi connectivity index (χ1) is 13.2. The SMILES string of the molecule is C=N/C=C\N1Cc2cc(-c3ccc(C#N)cc3)cn2Cc2cc(Br)ccc21. The molecule has 0 fully saturated rings. The maximum Gasteiger partial charge on any atom is 0.0991 e. The van der Waals surface area contributed by atoms with E-state index in [2.05, 4.69) is 73.6 Å². The zero-order valence-corrected chi connectivity index (χ0v) is 16.2. The van der Waals surface area contributed by atoms with Crippen molar-refractivity contribution >= 4 is 28.3 Å². The molecule has 1 aliphatic heterocycles. The third-order valence-corrected chi connectivity index (χ3v) is 5.20. The van der Waals surface area contributed by atoms with Gasteiger partial charge in [0.1, 0.15) is 0 Å². The first kappa shape index (κ1) is 17.3. The molecule has 4 nitrogen and oxygen atoms in total. The molecular weight excluding hydrogens is 400 g/mol. The van der Waals surface area contributed by atoms with E-state index in [1.54, 1.807) is 6.20 Å². The van der Waals surface area contributed by atoms with E-state index in [9.17, 15) is 0 Å². The molecule has 4 rings (SSSR count). The molecule has 0 aliphatic carbocycles. The number of hydrogen-bond donors (Lipinski definition) is 0. The van der Waals surface area contributed by atoms with Crippen LogP contribution in [-0.2, 0) is 13.1 Å². The maximum absolute atomic E-state index is 9.00. The number of hydrogen-bond acceptors (Lipinski definition) is 3. The fourth-order valence-electron chi connectivity index (χ4n) is 3.39. The topological polar surface area (TPSA) is 44.3 Å². The van der Waals surface area contributed by atoms with Crippen LogP contribution in [0.2, 0.25) is 0 Å². The van der Waals surface area contributed by atoms with E-state index in [0.717, 1.165) is 28.7 Å². The Morgan fingerprint density at radius 3 is 2.63 bits per heavy atom. The summed E-state index contributed by atoms with van der Waals surface area (Å²) >= 11 is 3.58. The zero-order valence-electron chi connectivity index (χ0n) is 14.6. The molecule has 0 amide bonds. The first-order valence-electron chi connectivity index (χ1n) is 8.55. The zero-order chi connectivity index (χ0) is 18.8. The smallest absolute Gasteiger partial charge is 0.0991 e. The Labute approximate surface area is 166 Å². The van der Waals surface area contributed by atoms with E-state index < -0.39 is 0 Å². The summed E-state index contributed by atoms with van der Waals surface area (Å²) in [7, 11) is 0. The lowest BCUT2D eigenvalue weighted by Gasteiger charge is -2.20. The number of benzene rings is 2. The molecule has 0 radical (unpaired) electrons. The molecular formula is C22H17BrN4. The molecule has 0 N–H and O–H groups in total. The average molecular weight is 417 g/mol. The minimum absolute atomic E-state index is 0.673. The lowest BCUT2D eigenvalue weighted by atomic mass is 10.1. The largest absolute Gasteiger partial charge is 0.345 e. The van der Waals surface area contributed by atoms with Crippen LogP contribution in [0.3, 0.4) is 0 Å². The Morgan fingerprint density at radius 1 is 1.07 bits per heavy atom. The molecule has 5 heteroatoms. The predicted octanol–water partition coefficient (Wildman–Crippen LogP) is 5.33. The van der Waals surface area contributed by atoms with Gasteiger partial charge in [0.2, 0.25) is 0 Å². The molecule has 0 spiro atoms. The van der Waals surface area contributed by atoms with Gasteiger partial charge < -0.3 is 9.47 Å². The van der Waals surface area contributed by atoms with Gasteiger partial charge in [0.15, 0.2) is 0 Å². The minimum atomic E-state index is 0.673. The third kappa shape index (κ3) is 3.44. The van der Waals surface area contributed by atoms with Gasteiger partial charge in [-0.05, 0) is 59.8 Å². The van der Waals surface area contributed by atoms with Gasteiger partial charge in [-0.2, -0.15) is 5.26 Å². The molecule has 0 bridgehead atoms. The summed E-state index contributed by atoms with van der Waals surface area (Å²) in [5.74, 6) is 0. The average Bonchev–Trinajstić information content (AvgIpc) is 3.01. The predicted molar refractivity (Wildman–Crippen MR) is 113 cm³/mol. The fourth-order valence-corrected chi connectivity index (χ4v) is 3.80. The van der Waals surface area contributed by atoms with Gasteiger partial charge >= 0.3 is 0 Å².